The van der Waals surface area contributed by atoms with Gasteiger partial charge in [0.2, 0.25) is 11.9 Å². The third-order valence-corrected chi connectivity index (χ3v) is 2.08. The van der Waals surface area contributed by atoms with Crippen LogP contribution in [0, 0.1) is 5.95 Å². The van der Waals surface area contributed by atoms with Crippen LogP contribution < -0.4 is 10.6 Å². The zero-order valence-corrected chi connectivity index (χ0v) is 10.4. The van der Waals surface area contributed by atoms with Crippen LogP contribution in [0.1, 0.15) is 30.6 Å². The average molecular weight is 253 g/mol. The van der Waals surface area contributed by atoms with Gasteiger partial charge in [-0.05, 0) is 26.0 Å². The Balaban J connectivity index is 2.33. The highest BCUT2D eigenvalue weighted by atomic mass is 19.1. The molecule has 0 fully saturated rings. The summed E-state index contributed by atoms with van der Waals surface area (Å²) in [5.41, 5.74) is 0.265. The van der Waals surface area contributed by atoms with Crippen molar-refractivity contribution in [2.45, 2.75) is 26.3 Å². The lowest BCUT2D eigenvalue weighted by Crippen LogP contribution is -2.34. The van der Waals surface area contributed by atoms with Crippen molar-refractivity contribution in [1.82, 2.24) is 15.6 Å². The van der Waals surface area contributed by atoms with Gasteiger partial charge in [0.1, 0.15) is 0 Å². The van der Waals surface area contributed by atoms with Gasteiger partial charge in [-0.3, -0.25) is 9.59 Å². The van der Waals surface area contributed by atoms with Crippen LogP contribution in [0.15, 0.2) is 18.3 Å². The summed E-state index contributed by atoms with van der Waals surface area (Å²) in [6.45, 7) is 3.95. The molecule has 0 unspecified atom stereocenters. The van der Waals surface area contributed by atoms with E-state index in [1.807, 2.05) is 13.8 Å². The van der Waals surface area contributed by atoms with Gasteiger partial charge in [0.25, 0.3) is 5.91 Å². The molecular formula is C12H16FN3O2. The molecule has 0 aromatic carbocycles. The normalized spacial score (nSPS) is 10.2. The van der Waals surface area contributed by atoms with Gasteiger partial charge >= 0.3 is 0 Å². The highest BCUT2D eigenvalue weighted by Crippen LogP contribution is 1.98. The molecule has 0 saturated carbocycles. The number of carbonyl (C=O) groups is 2. The van der Waals surface area contributed by atoms with E-state index in [2.05, 4.69) is 15.6 Å². The molecule has 5 nitrogen and oxygen atoms in total. The second kappa shape index (κ2) is 6.68. The zero-order valence-electron chi connectivity index (χ0n) is 10.4. The van der Waals surface area contributed by atoms with E-state index in [0.29, 0.717) is 0 Å². The van der Waals surface area contributed by atoms with Crippen molar-refractivity contribution in [2.75, 3.05) is 6.54 Å². The van der Waals surface area contributed by atoms with Crippen LogP contribution in [0.3, 0.4) is 0 Å². The van der Waals surface area contributed by atoms with E-state index in [1.54, 1.807) is 0 Å². The van der Waals surface area contributed by atoms with Gasteiger partial charge < -0.3 is 10.6 Å². The maximum atomic E-state index is 12.5. The fourth-order valence-electron chi connectivity index (χ4n) is 1.30. The van der Waals surface area contributed by atoms with Crippen LogP contribution in [0.5, 0.6) is 0 Å². The van der Waals surface area contributed by atoms with Gasteiger partial charge in [-0.25, -0.2) is 4.98 Å². The molecule has 0 bridgehead atoms. The van der Waals surface area contributed by atoms with Crippen LogP contribution in [0.4, 0.5) is 4.39 Å². The first-order valence-electron chi connectivity index (χ1n) is 5.68. The molecule has 1 aromatic rings. The summed E-state index contributed by atoms with van der Waals surface area (Å²) in [7, 11) is 0. The Kier molecular flexibility index (Phi) is 5.23. The molecule has 2 N–H and O–H groups in total. The molecule has 0 aliphatic carbocycles. The van der Waals surface area contributed by atoms with Crippen LogP contribution in [0.25, 0.3) is 0 Å². The van der Waals surface area contributed by atoms with Crippen molar-refractivity contribution in [3.8, 4) is 0 Å². The molecule has 1 heterocycles. The summed E-state index contributed by atoms with van der Waals surface area (Å²) in [4.78, 5) is 26.2. The number of pyridine rings is 1. The third-order valence-electron chi connectivity index (χ3n) is 2.08. The van der Waals surface area contributed by atoms with Crippen LogP contribution in [-0.4, -0.2) is 29.4 Å². The van der Waals surface area contributed by atoms with Crippen LogP contribution >= 0.6 is 0 Å². The minimum atomic E-state index is -0.636. The van der Waals surface area contributed by atoms with Crippen molar-refractivity contribution < 1.29 is 14.0 Å². The molecule has 0 aliphatic rings. The topological polar surface area (TPSA) is 71.1 Å². The predicted molar refractivity (Wildman–Crippen MR) is 64.4 cm³/mol. The molecule has 0 radical (unpaired) electrons. The Bertz CT molecular complexity index is 418. The fourth-order valence-corrected chi connectivity index (χ4v) is 1.30. The quantitative estimate of drug-likeness (QED) is 0.765. The Morgan fingerprint density at radius 1 is 1.39 bits per heavy atom. The summed E-state index contributed by atoms with van der Waals surface area (Å²) < 4.78 is 12.5. The van der Waals surface area contributed by atoms with Crippen molar-refractivity contribution in [1.29, 1.82) is 0 Å². The molecule has 0 atom stereocenters. The lowest BCUT2D eigenvalue weighted by Gasteiger charge is -2.08. The third kappa shape index (κ3) is 4.90. The fraction of sp³-hybridized carbons (Fsp3) is 0.417. The Morgan fingerprint density at radius 2 is 2.11 bits per heavy atom. The molecule has 0 aliphatic heterocycles. The van der Waals surface area contributed by atoms with Crippen LogP contribution in [0.2, 0.25) is 0 Å². The van der Waals surface area contributed by atoms with Gasteiger partial charge in [0, 0.05) is 25.2 Å². The van der Waals surface area contributed by atoms with E-state index in [9.17, 15) is 14.0 Å². The maximum Gasteiger partial charge on any atom is 0.252 e. The van der Waals surface area contributed by atoms with E-state index in [-0.39, 0.29) is 36.4 Å². The number of nitrogens with zero attached hydrogens (tertiary/aromatic N) is 1. The largest absolute Gasteiger partial charge is 0.354 e. The van der Waals surface area contributed by atoms with Gasteiger partial charge in [0.15, 0.2) is 0 Å². The van der Waals surface area contributed by atoms with Crippen molar-refractivity contribution >= 4 is 11.8 Å². The van der Waals surface area contributed by atoms with E-state index >= 15 is 0 Å². The smallest absolute Gasteiger partial charge is 0.252 e. The standard InChI is InChI=1S/C12H16FN3O2/c1-8(2)16-11(17)5-6-14-12(18)9-3-4-10(13)15-7-9/h3-4,7-8H,5-6H2,1-2H3,(H,14,18)(H,16,17). The molecule has 0 spiro atoms. The second-order valence-electron chi connectivity index (χ2n) is 4.10. The molecule has 98 valence electrons. The van der Waals surface area contributed by atoms with Crippen LogP contribution in [-0.2, 0) is 4.79 Å². The number of rotatable bonds is 5. The van der Waals surface area contributed by atoms with E-state index in [4.69, 9.17) is 0 Å². The van der Waals surface area contributed by atoms with E-state index in [1.165, 1.54) is 6.07 Å². The number of carbonyl (C=O) groups excluding carboxylic acids is 2. The minimum Gasteiger partial charge on any atom is -0.354 e. The molecule has 1 rings (SSSR count). The molecular weight excluding hydrogens is 237 g/mol. The van der Waals surface area contributed by atoms with Gasteiger partial charge in [-0.1, -0.05) is 0 Å². The first-order chi connectivity index (χ1) is 8.49. The Hall–Kier alpha value is -1.98. The average Bonchev–Trinajstić information content (AvgIpc) is 2.28. The van der Waals surface area contributed by atoms with Crippen molar-refractivity contribution in [2.24, 2.45) is 0 Å². The summed E-state index contributed by atoms with van der Waals surface area (Å²) in [5.74, 6) is -1.13. The summed E-state index contributed by atoms with van der Waals surface area (Å²) in [6, 6.07) is 2.53. The number of nitrogens with one attached hydrogen (secondary N) is 2. The summed E-state index contributed by atoms with van der Waals surface area (Å²) in [5, 5.41) is 5.27. The zero-order chi connectivity index (χ0) is 13.5. The maximum absolute atomic E-state index is 12.5. The molecule has 2 amide bonds. The highest BCUT2D eigenvalue weighted by molar-refractivity contribution is 5.94. The number of hydrogen-bond donors (Lipinski definition) is 2. The van der Waals surface area contributed by atoms with Crippen molar-refractivity contribution in [3.63, 3.8) is 0 Å². The molecule has 1 aromatic heterocycles. The molecule has 18 heavy (non-hydrogen) atoms. The van der Waals surface area contributed by atoms with Crippen molar-refractivity contribution in [3.05, 3.63) is 29.8 Å². The lowest BCUT2D eigenvalue weighted by atomic mass is 10.2. The highest BCUT2D eigenvalue weighted by Gasteiger charge is 2.07. The predicted octanol–water partition coefficient (Wildman–Crippen LogP) is 0.865. The number of amides is 2. The monoisotopic (exact) mass is 253 g/mol. The van der Waals surface area contributed by atoms with Gasteiger partial charge in [-0.2, -0.15) is 4.39 Å². The minimum absolute atomic E-state index is 0.0782. The van der Waals surface area contributed by atoms with E-state index in [0.717, 1.165) is 12.3 Å². The first kappa shape index (κ1) is 14.1. The summed E-state index contributed by atoms with van der Waals surface area (Å²) in [6.07, 6.45) is 1.36. The summed E-state index contributed by atoms with van der Waals surface area (Å²) >= 11 is 0. The van der Waals surface area contributed by atoms with Gasteiger partial charge in [-0.15, -0.1) is 0 Å². The van der Waals surface area contributed by atoms with Gasteiger partial charge in [0.05, 0.1) is 5.56 Å². The lowest BCUT2D eigenvalue weighted by molar-refractivity contribution is -0.121. The number of hydrogen-bond acceptors (Lipinski definition) is 3. The number of aromatic nitrogens is 1. The Labute approximate surface area is 105 Å². The van der Waals surface area contributed by atoms with E-state index < -0.39 is 5.95 Å². The first-order valence-corrected chi connectivity index (χ1v) is 5.68. The molecule has 6 heteroatoms. The second-order valence-corrected chi connectivity index (χ2v) is 4.10. The Morgan fingerprint density at radius 3 is 2.67 bits per heavy atom. The SMILES string of the molecule is CC(C)NC(=O)CCNC(=O)c1ccc(F)nc1. The molecule has 0 saturated heterocycles. The number of halogens is 1.